The molecule has 0 fully saturated rings. The van der Waals surface area contributed by atoms with Gasteiger partial charge in [0.25, 0.3) is 0 Å². The molecule has 1 aromatic carbocycles. The van der Waals surface area contributed by atoms with E-state index in [0.717, 1.165) is 12.1 Å². The number of furan rings is 1. The molecule has 0 bridgehead atoms. The summed E-state index contributed by atoms with van der Waals surface area (Å²) in [7, 11) is 1.41. The highest BCUT2D eigenvalue weighted by molar-refractivity contribution is 6.07. The quantitative estimate of drug-likeness (QED) is 0.637. The number of alkyl halides is 3. The summed E-state index contributed by atoms with van der Waals surface area (Å²) in [5.41, 5.74) is -2.18. The molecule has 1 heterocycles. The molecule has 0 atom stereocenters. The van der Waals surface area contributed by atoms with Crippen molar-refractivity contribution >= 4 is 5.78 Å². The van der Waals surface area contributed by atoms with Crippen LogP contribution in [-0.2, 0) is 17.5 Å². The predicted molar refractivity (Wildman–Crippen MR) is 64.3 cm³/mol. The van der Waals surface area contributed by atoms with E-state index in [-0.39, 0.29) is 12.4 Å². The van der Waals surface area contributed by atoms with E-state index in [9.17, 15) is 22.4 Å². The monoisotopic (exact) mass is 302 g/mol. The summed E-state index contributed by atoms with van der Waals surface area (Å²) in [5.74, 6) is -2.51. The van der Waals surface area contributed by atoms with Crippen molar-refractivity contribution in [1.82, 2.24) is 0 Å². The van der Waals surface area contributed by atoms with Crippen molar-refractivity contribution in [3.05, 3.63) is 58.8 Å². The van der Waals surface area contributed by atoms with Crippen LogP contribution in [0.15, 0.2) is 34.7 Å². The molecule has 7 heteroatoms. The van der Waals surface area contributed by atoms with Crippen LogP contribution in [0.25, 0.3) is 0 Å². The van der Waals surface area contributed by atoms with Crippen molar-refractivity contribution in [3.63, 3.8) is 0 Å². The molecule has 0 aliphatic rings. The molecule has 3 nitrogen and oxygen atoms in total. The Hall–Kier alpha value is -2.15. The van der Waals surface area contributed by atoms with E-state index < -0.39 is 28.9 Å². The molecule has 0 saturated heterocycles. The number of halogens is 4. The third-order valence-electron chi connectivity index (χ3n) is 2.72. The fourth-order valence-corrected chi connectivity index (χ4v) is 1.78. The first-order valence-electron chi connectivity index (χ1n) is 5.82. The van der Waals surface area contributed by atoms with E-state index in [2.05, 4.69) is 0 Å². The summed E-state index contributed by atoms with van der Waals surface area (Å²) in [4.78, 5) is 12.0. The number of ketones is 1. The molecule has 0 aliphatic carbocycles. The zero-order valence-electron chi connectivity index (χ0n) is 10.8. The van der Waals surface area contributed by atoms with Crippen LogP contribution in [0.5, 0.6) is 0 Å². The van der Waals surface area contributed by atoms with Gasteiger partial charge in [-0.05, 0) is 24.3 Å². The Labute approximate surface area is 117 Å². The molecule has 0 unspecified atom stereocenters. The molecule has 0 N–H and O–H groups in total. The zero-order chi connectivity index (χ0) is 15.6. The lowest BCUT2D eigenvalue weighted by Gasteiger charge is -2.09. The molecular weight excluding hydrogens is 292 g/mol. The average Bonchev–Trinajstić information content (AvgIpc) is 2.86. The van der Waals surface area contributed by atoms with Crippen LogP contribution in [0.2, 0.25) is 0 Å². The molecule has 2 aromatic rings. The number of hydrogen-bond acceptors (Lipinski definition) is 3. The van der Waals surface area contributed by atoms with Crippen LogP contribution >= 0.6 is 0 Å². The van der Waals surface area contributed by atoms with E-state index in [1.54, 1.807) is 0 Å². The Balaban J connectivity index is 2.39. The number of carbonyl (C=O) groups is 1. The van der Waals surface area contributed by atoms with Gasteiger partial charge in [0.15, 0.2) is 5.76 Å². The number of benzene rings is 1. The third-order valence-corrected chi connectivity index (χ3v) is 2.72. The van der Waals surface area contributed by atoms with E-state index in [1.807, 2.05) is 0 Å². The van der Waals surface area contributed by atoms with Gasteiger partial charge in [-0.3, -0.25) is 4.79 Å². The summed E-state index contributed by atoms with van der Waals surface area (Å²) in [5, 5.41) is 0. The maximum Gasteiger partial charge on any atom is 0.419 e. The second-order valence-electron chi connectivity index (χ2n) is 4.19. The summed E-state index contributed by atoms with van der Waals surface area (Å²) in [6.45, 7) is 0.0956. The SMILES string of the molecule is COCc1ccc(C(=O)c2cccc(C(F)(F)F)c2F)o1. The fourth-order valence-electron chi connectivity index (χ4n) is 1.78. The van der Waals surface area contributed by atoms with Gasteiger partial charge in [0, 0.05) is 7.11 Å². The second kappa shape index (κ2) is 5.69. The van der Waals surface area contributed by atoms with Gasteiger partial charge in [-0.1, -0.05) is 6.07 Å². The number of ether oxygens (including phenoxy) is 1. The van der Waals surface area contributed by atoms with E-state index in [1.165, 1.54) is 19.2 Å². The first kappa shape index (κ1) is 15.2. The first-order valence-corrected chi connectivity index (χ1v) is 5.82. The van der Waals surface area contributed by atoms with Gasteiger partial charge in [0.1, 0.15) is 18.2 Å². The molecule has 1 aromatic heterocycles. The lowest BCUT2D eigenvalue weighted by molar-refractivity contribution is -0.140. The van der Waals surface area contributed by atoms with Crippen LogP contribution in [0.4, 0.5) is 17.6 Å². The van der Waals surface area contributed by atoms with Crippen molar-refractivity contribution in [2.45, 2.75) is 12.8 Å². The van der Waals surface area contributed by atoms with Gasteiger partial charge >= 0.3 is 6.18 Å². The summed E-state index contributed by atoms with van der Waals surface area (Å²) in [6, 6.07) is 5.22. The summed E-state index contributed by atoms with van der Waals surface area (Å²) < 4.78 is 61.6. The number of methoxy groups -OCH3 is 1. The van der Waals surface area contributed by atoms with Crippen LogP contribution < -0.4 is 0 Å². The lowest BCUT2D eigenvalue weighted by atomic mass is 10.0. The smallest absolute Gasteiger partial charge is 0.419 e. The minimum absolute atomic E-state index is 0.0956. The van der Waals surface area contributed by atoms with Crippen molar-refractivity contribution < 1.29 is 31.5 Å². The standard InChI is InChI=1S/C14H10F4O3/c1-20-7-8-5-6-11(21-8)13(19)9-3-2-4-10(12(9)15)14(16,17)18/h2-6H,7H2,1H3. The minimum atomic E-state index is -4.87. The molecule has 21 heavy (non-hydrogen) atoms. The van der Waals surface area contributed by atoms with Crippen molar-refractivity contribution in [3.8, 4) is 0 Å². The Morgan fingerprint density at radius 2 is 1.95 bits per heavy atom. The molecule has 0 amide bonds. The van der Waals surface area contributed by atoms with E-state index >= 15 is 0 Å². The molecule has 0 radical (unpaired) electrons. The van der Waals surface area contributed by atoms with E-state index in [0.29, 0.717) is 11.8 Å². The largest absolute Gasteiger partial charge is 0.455 e. The maximum absolute atomic E-state index is 13.9. The van der Waals surface area contributed by atoms with Gasteiger partial charge in [-0.2, -0.15) is 13.2 Å². The highest BCUT2D eigenvalue weighted by Crippen LogP contribution is 2.33. The first-order chi connectivity index (χ1) is 9.84. The average molecular weight is 302 g/mol. The second-order valence-corrected chi connectivity index (χ2v) is 4.19. The highest BCUT2D eigenvalue weighted by atomic mass is 19.4. The van der Waals surface area contributed by atoms with Gasteiger partial charge in [0.05, 0.1) is 11.1 Å². The van der Waals surface area contributed by atoms with Crippen LogP contribution in [0.3, 0.4) is 0 Å². The van der Waals surface area contributed by atoms with Crippen LogP contribution in [0.1, 0.15) is 27.4 Å². The molecule has 2 rings (SSSR count). The summed E-state index contributed by atoms with van der Waals surface area (Å²) >= 11 is 0. The predicted octanol–water partition coefficient (Wildman–Crippen LogP) is 3.81. The molecule has 0 saturated carbocycles. The Morgan fingerprint density at radius 3 is 2.57 bits per heavy atom. The minimum Gasteiger partial charge on any atom is -0.455 e. The van der Waals surface area contributed by atoms with Gasteiger partial charge < -0.3 is 9.15 Å². The van der Waals surface area contributed by atoms with Crippen LogP contribution in [0, 0.1) is 5.82 Å². The summed E-state index contributed by atoms with van der Waals surface area (Å²) in [6.07, 6.45) is -4.87. The number of rotatable bonds is 4. The third kappa shape index (κ3) is 3.13. The number of carbonyl (C=O) groups excluding carboxylic acids is 1. The molecule has 0 aliphatic heterocycles. The molecular formula is C14H10F4O3. The van der Waals surface area contributed by atoms with Gasteiger partial charge in [0.2, 0.25) is 5.78 Å². The van der Waals surface area contributed by atoms with Gasteiger partial charge in [-0.15, -0.1) is 0 Å². The van der Waals surface area contributed by atoms with E-state index in [4.69, 9.17) is 9.15 Å². The molecule has 112 valence electrons. The maximum atomic E-state index is 13.9. The van der Waals surface area contributed by atoms with Crippen molar-refractivity contribution in [2.24, 2.45) is 0 Å². The highest BCUT2D eigenvalue weighted by Gasteiger charge is 2.36. The van der Waals surface area contributed by atoms with Crippen molar-refractivity contribution in [2.75, 3.05) is 7.11 Å². The van der Waals surface area contributed by atoms with Crippen LogP contribution in [-0.4, -0.2) is 12.9 Å². The van der Waals surface area contributed by atoms with Gasteiger partial charge in [-0.25, -0.2) is 4.39 Å². The Bertz CT molecular complexity index is 658. The number of hydrogen-bond donors (Lipinski definition) is 0. The lowest BCUT2D eigenvalue weighted by Crippen LogP contribution is -2.12. The zero-order valence-corrected chi connectivity index (χ0v) is 10.8. The Morgan fingerprint density at radius 1 is 1.24 bits per heavy atom. The normalized spacial score (nSPS) is 11.7. The molecule has 0 spiro atoms. The fraction of sp³-hybridized carbons (Fsp3) is 0.214. The topological polar surface area (TPSA) is 39.4 Å². The van der Waals surface area contributed by atoms with Crippen molar-refractivity contribution in [1.29, 1.82) is 0 Å². The Kier molecular flexibility index (Phi) is 4.13.